The third kappa shape index (κ3) is 3.87. The predicted octanol–water partition coefficient (Wildman–Crippen LogP) is 2.08. The summed E-state index contributed by atoms with van der Waals surface area (Å²) in [6.45, 7) is 4.36. The molecule has 0 saturated heterocycles. The predicted molar refractivity (Wildman–Crippen MR) is 84.4 cm³/mol. The molecule has 116 valence electrons. The van der Waals surface area contributed by atoms with Gasteiger partial charge in [0.2, 0.25) is 5.91 Å². The number of amides is 1. The first kappa shape index (κ1) is 16.1. The zero-order valence-corrected chi connectivity index (χ0v) is 14.1. The Hall–Kier alpha value is -1.30. The normalized spacial score (nSPS) is 24.9. The van der Waals surface area contributed by atoms with E-state index >= 15 is 0 Å². The van der Waals surface area contributed by atoms with Crippen molar-refractivity contribution in [2.24, 2.45) is 18.9 Å². The summed E-state index contributed by atoms with van der Waals surface area (Å²) >= 11 is 3.43. The van der Waals surface area contributed by atoms with Crippen LogP contribution in [0.25, 0.3) is 0 Å². The molecule has 0 aliphatic heterocycles. The highest BCUT2D eigenvalue weighted by molar-refractivity contribution is 9.10. The van der Waals surface area contributed by atoms with E-state index in [2.05, 4.69) is 28.2 Å². The molecule has 1 saturated carbocycles. The van der Waals surface area contributed by atoms with Gasteiger partial charge in [-0.25, -0.2) is 0 Å². The number of carbonyl (C=O) groups is 1. The Morgan fingerprint density at radius 2 is 2.24 bits per heavy atom. The van der Waals surface area contributed by atoms with Gasteiger partial charge in [-0.3, -0.25) is 9.59 Å². The van der Waals surface area contributed by atoms with E-state index < -0.39 is 0 Å². The maximum absolute atomic E-state index is 11.7. The number of hydrogen-bond donors (Lipinski definition) is 1. The van der Waals surface area contributed by atoms with Crippen molar-refractivity contribution in [3.8, 4) is 5.75 Å². The van der Waals surface area contributed by atoms with Crippen molar-refractivity contribution in [3.05, 3.63) is 27.1 Å². The van der Waals surface area contributed by atoms with Crippen molar-refractivity contribution < 1.29 is 9.53 Å². The molecule has 1 amide bonds. The lowest BCUT2D eigenvalue weighted by molar-refractivity contribution is -0.119. The van der Waals surface area contributed by atoms with E-state index in [0.29, 0.717) is 24.1 Å². The van der Waals surface area contributed by atoms with Crippen molar-refractivity contribution in [1.82, 2.24) is 9.88 Å². The summed E-state index contributed by atoms with van der Waals surface area (Å²) in [4.78, 5) is 22.7. The Bertz CT molecular complexity index is 585. The number of nitrogens with one attached hydrogen (secondary N) is 1. The molecule has 3 atom stereocenters. The number of aromatic nitrogens is 1. The molecule has 2 rings (SSSR count). The van der Waals surface area contributed by atoms with Crippen LogP contribution >= 0.6 is 15.9 Å². The molecule has 0 spiro atoms. The smallest absolute Gasteiger partial charge is 0.254 e. The van der Waals surface area contributed by atoms with Crippen LogP contribution in [0.1, 0.15) is 26.7 Å². The number of carbonyl (C=O) groups excluding carboxylic acids is 1. The maximum atomic E-state index is 11.7. The molecule has 1 aromatic rings. The summed E-state index contributed by atoms with van der Waals surface area (Å²) in [6, 6.07) is 1.51. The van der Waals surface area contributed by atoms with Gasteiger partial charge in [0.1, 0.15) is 11.9 Å². The van der Waals surface area contributed by atoms with Crippen LogP contribution in [0, 0.1) is 11.8 Å². The van der Waals surface area contributed by atoms with Gasteiger partial charge >= 0.3 is 0 Å². The van der Waals surface area contributed by atoms with Crippen LogP contribution in [-0.2, 0) is 11.8 Å². The van der Waals surface area contributed by atoms with E-state index in [-0.39, 0.29) is 17.6 Å². The number of rotatable bonds is 4. The summed E-state index contributed by atoms with van der Waals surface area (Å²) in [5.74, 6) is 1.35. The van der Waals surface area contributed by atoms with Crippen molar-refractivity contribution in [2.45, 2.75) is 32.8 Å². The summed E-state index contributed by atoms with van der Waals surface area (Å²) in [5, 5.41) is 2.87. The first-order valence-electron chi connectivity index (χ1n) is 7.15. The molecule has 1 aliphatic rings. The van der Waals surface area contributed by atoms with Gasteiger partial charge in [-0.2, -0.15) is 0 Å². The minimum atomic E-state index is -0.0892. The highest BCUT2D eigenvalue weighted by atomic mass is 79.9. The molecular formula is C15H21BrN2O3. The lowest BCUT2D eigenvalue weighted by Gasteiger charge is -2.22. The fourth-order valence-electron chi connectivity index (χ4n) is 2.77. The fourth-order valence-corrected chi connectivity index (χ4v) is 3.29. The van der Waals surface area contributed by atoms with Gasteiger partial charge in [-0.1, -0.05) is 6.92 Å². The molecule has 0 bridgehead atoms. The topological polar surface area (TPSA) is 60.3 Å². The third-order valence-electron chi connectivity index (χ3n) is 4.19. The number of pyridine rings is 1. The minimum absolute atomic E-state index is 0.000805. The van der Waals surface area contributed by atoms with E-state index in [1.165, 1.54) is 17.6 Å². The van der Waals surface area contributed by atoms with Crippen LogP contribution in [0.2, 0.25) is 0 Å². The second-order valence-corrected chi connectivity index (χ2v) is 6.58. The van der Waals surface area contributed by atoms with E-state index in [4.69, 9.17) is 4.74 Å². The second kappa shape index (κ2) is 6.64. The van der Waals surface area contributed by atoms with E-state index in [0.717, 1.165) is 17.3 Å². The Balaban J connectivity index is 2.03. The maximum Gasteiger partial charge on any atom is 0.254 e. The first-order chi connectivity index (χ1) is 9.88. The number of halogens is 1. The van der Waals surface area contributed by atoms with Gasteiger partial charge in [0.15, 0.2) is 0 Å². The Labute approximate surface area is 132 Å². The van der Waals surface area contributed by atoms with Gasteiger partial charge in [-0.05, 0) is 40.6 Å². The van der Waals surface area contributed by atoms with Crippen LogP contribution in [0.4, 0.5) is 0 Å². The molecule has 0 unspecified atom stereocenters. The lowest BCUT2D eigenvalue weighted by Crippen LogP contribution is -2.31. The summed E-state index contributed by atoms with van der Waals surface area (Å²) in [5.41, 5.74) is -0.0892. The average molecular weight is 357 g/mol. The summed E-state index contributed by atoms with van der Waals surface area (Å²) < 4.78 is 8.31. The standard InChI is InChI=1S/C15H21BrN2O3/c1-9-11(7-17-10(2)19)4-5-13(9)21-14-6-15(20)18(3)8-12(14)16/h6,8-9,11,13H,4-5,7H2,1-3H3,(H,17,19)/t9-,11-,13-/m0/s1. The molecule has 0 aromatic carbocycles. The fraction of sp³-hybridized carbons (Fsp3) is 0.600. The molecule has 6 heteroatoms. The zero-order chi connectivity index (χ0) is 15.6. The minimum Gasteiger partial charge on any atom is -0.489 e. The van der Waals surface area contributed by atoms with Gasteiger partial charge in [0.05, 0.1) is 4.47 Å². The number of aryl methyl sites for hydroxylation is 1. The van der Waals surface area contributed by atoms with Gasteiger partial charge in [0, 0.05) is 32.8 Å². The summed E-state index contributed by atoms with van der Waals surface area (Å²) in [7, 11) is 1.71. The van der Waals surface area contributed by atoms with Gasteiger partial charge < -0.3 is 14.6 Å². The Morgan fingerprint density at radius 3 is 2.90 bits per heavy atom. The van der Waals surface area contributed by atoms with Gasteiger partial charge in [-0.15, -0.1) is 0 Å². The summed E-state index contributed by atoms with van der Waals surface area (Å²) in [6.07, 6.45) is 3.75. The molecule has 1 fully saturated rings. The molecule has 0 radical (unpaired) electrons. The Kier molecular flexibility index (Phi) is 5.08. The molecule has 1 N–H and O–H groups in total. The largest absolute Gasteiger partial charge is 0.489 e. The van der Waals surface area contributed by atoms with Crippen molar-refractivity contribution in [1.29, 1.82) is 0 Å². The van der Waals surface area contributed by atoms with Crippen LogP contribution in [0.3, 0.4) is 0 Å². The van der Waals surface area contributed by atoms with E-state index in [9.17, 15) is 9.59 Å². The molecule has 5 nitrogen and oxygen atoms in total. The lowest BCUT2D eigenvalue weighted by atomic mass is 9.97. The van der Waals surface area contributed by atoms with Crippen LogP contribution in [0.15, 0.2) is 21.5 Å². The zero-order valence-electron chi connectivity index (χ0n) is 12.6. The number of nitrogens with zero attached hydrogens (tertiary/aromatic N) is 1. The van der Waals surface area contributed by atoms with Crippen LogP contribution < -0.4 is 15.6 Å². The average Bonchev–Trinajstić information content (AvgIpc) is 2.75. The molecule has 1 heterocycles. The molecule has 1 aromatic heterocycles. The van der Waals surface area contributed by atoms with Crippen molar-refractivity contribution in [3.63, 3.8) is 0 Å². The second-order valence-electron chi connectivity index (χ2n) is 5.72. The Morgan fingerprint density at radius 1 is 1.52 bits per heavy atom. The van der Waals surface area contributed by atoms with Crippen LogP contribution in [-0.4, -0.2) is 23.1 Å². The van der Waals surface area contributed by atoms with Crippen molar-refractivity contribution in [2.75, 3.05) is 6.54 Å². The number of ether oxygens (including phenoxy) is 1. The van der Waals surface area contributed by atoms with E-state index in [1.807, 2.05) is 0 Å². The van der Waals surface area contributed by atoms with Crippen molar-refractivity contribution >= 4 is 21.8 Å². The molecule has 1 aliphatic carbocycles. The highest BCUT2D eigenvalue weighted by Gasteiger charge is 2.34. The first-order valence-corrected chi connectivity index (χ1v) is 7.95. The van der Waals surface area contributed by atoms with E-state index in [1.54, 1.807) is 13.2 Å². The highest BCUT2D eigenvalue weighted by Crippen LogP contribution is 2.35. The van der Waals surface area contributed by atoms with Crippen LogP contribution in [0.5, 0.6) is 5.75 Å². The SMILES string of the molecule is CC(=O)NC[C@@H]1CC[C@H](Oc2cc(=O)n(C)cc2Br)[C@H]1C. The quantitative estimate of drug-likeness (QED) is 0.898. The number of hydrogen-bond acceptors (Lipinski definition) is 3. The molecular weight excluding hydrogens is 336 g/mol. The third-order valence-corrected chi connectivity index (χ3v) is 4.78. The monoisotopic (exact) mass is 356 g/mol. The van der Waals surface area contributed by atoms with Gasteiger partial charge in [0.25, 0.3) is 5.56 Å². The molecule has 21 heavy (non-hydrogen) atoms.